The zero-order chi connectivity index (χ0) is 22.3. The Bertz CT molecular complexity index is 862. The van der Waals surface area contributed by atoms with Gasteiger partial charge in [0.1, 0.15) is 12.6 Å². The molecule has 0 aliphatic carbocycles. The Morgan fingerprint density at radius 3 is 2.19 bits per heavy atom. The van der Waals surface area contributed by atoms with Crippen molar-refractivity contribution in [3.63, 3.8) is 0 Å². The second kappa shape index (κ2) is 10.7. The van der Waals surface area contributed by atoms with Crippen LogP contribution in [0.5, 0.6) is 0 Å². The highest BCUT2D eigenvalue weighted by molar-refractivity contribution is 8.00. The van der Waals surface area contributed by atoms with Gasteiger partial charge in [-0.15, -0.1) is 11.8 Å². The van der Waals surface area contributed by atoms with E-state index in [-0.39, 0.29) is 18.3 Å². The molecule has 2 aromatic carbocycles. The smallest absolute Gasteiger partial charge is 0.410 e. The topological polar surface area (TPSA) is 66.9 Å². The number of Topliss-reactive ketones (excluding diaryl/α,β-unsaturated/α-hetero) is 1. The molecule has 0 unspecified atom stereocenters. The number of rotatable bonds is 7. The van der Waals surface area contributed by atoms with Gasteiger partial charge in [0.25, 0.3) is 0 Å². The number of ether oxygens (including phenoxy) is 1. The van der Waals surface area contributed by atoms with E-state index in [4.69, 9.17) is 4.74 Å². The monoisotopic (exact) mass is 452 g/mol. The molecule has 2 aromatic rings. The van der Waals surface area contributed by atoms with Gasteiger partial charge < -0.3 is 9.64 Å². The van der Waals surface area contributed by atoms with Crippen LogP contribution in [0.1, 0.15) is 31.2 Å². The normalized spacial score (nSPS) is 20.4. The van der Waals surface area contributed by atoms with Crippen molar-refractivity contribution < 1.29 is 19.1 Å². The molecule has 168 valence electrons. The van der Waals surface area contributed by atoms with Crippen LogP contribution in [-0.4, -0.2) is 58.5 Å². The summed E-state index contributed by atoms with van der Waals surface area (Å²) in [7, 11) is 0. The van der Waals surface area contributed by atoms with Gasteiger partial charge in [0.05, 0.1) is 11.8 Å². The molecule has 2 amide bonds. The number of likely N-dealkylation sites (tertiary alicyclic amines) is 2. The molecule has 0 N–H and O–H groups in total. The maximum absolute atomic E-state index is 13.3. The quantitative estimate of drug-likeness (QED) is 0.591. The summed E-state index contributed by atoms with van der Waals surface area (Å²) in [4.78, 5) is 43.2. The molecule has 0 aromatic heterocycles. The first-order valence-corrected chi connectivity index (χ1v) is 12.1. The minimum atomic E-state index is -0.548. The van der Waals surface area contributed by atoms with Crippen LogP contribution in [0.2, 0.25) is 0 Å². The summed E-state index contributed by atoms with van der Waals surface area (Å²) < 4.78 is 5.46. The summed E-state index contributed by atoms with van der Waals surface area (Å²) >= 11 is 1.50. The fraction of sp³-hybridized carbons (Fsp3) is 0.400. The lowest BCUT2D eigenvalue weighted by molar-refractivity contribution is -0.140. The first kappa shape index (κ1) is 22.4. The lowest BCUT2D eigenvalue weighted by Crippen LogP contribution is -2.51. The number of carbonyl (C=O) groups excluding carboxylic acids is 3. The molecule has 2 aliphatic heterocycles. The summed E-state index contributed by atoms with van der Waals surface area (Å²) in [5.74, 6) is 0.284. The third-order valence-electron chi connectivity index (χ3n) is 6.01. The predicted molar refractivity (Wildman–Crippen MR) is 123 cm³/mol. The Hall–Kier alpha value is -2.80. The second-order valence-corrected chi connectivity index (χ2v) is 9.20. The Morgan fingerprint density at radius 1 is 0.844 bits per heavy atom. The molecule has 32 heavy (non-hydrogen) atoms. The number of hydrogen-bond acceptors (Lipinski definition) is 5. The fourth-order valence-electron chi connectivity index (χ4n) is 4.37. The van der Waals surface area contributed by atoms with Gasteiger partial charge in [0.15, 0.2) is 5.78 Å². The van der Waals surface area contributed by atoms with Gasteiger partial charge in [0, 0.05) is 18.0 Å². The van der Waals surface area contributed by atoms with Crippen molar-refractivity contribution in [1.82, 2.24) is 9.80 Å². The van der Waals surface area contributed by atoms with Gasteiger partial charge in [-0.2, -0.15) is 0 Å². The number of carbonyl (C=O) groups is 3. The van der Waals surface area contributed by atoms with E-state index < -0.39 is 18.2 Å². The number of ketones is 1. The zero-order valence-corrected chi connectivity index (χ0v) is 18.8. The standard InChI is InChI=1S/C25H28N2O4S/c28-23(18-32-20-11-5-2-6-12-20)21-13-7-15-26(21)24(29)22-14-8-16-27(22)25(30)31-17-19-9-3-1-4-10-19/h1-6,9-12,21-22H,7-8,13-18H2/t21-,22-/m0/s1. The van der Waals surface area contributed by atoms with Crippen LogP contribution in [0, 0.1) is 0 Å². The Balaban J connectivity index is 1.35. The van der Waals surface area contributed by atoms with Gasteiger partial charge in [-0.1, -0.05) is 48.5 Å². The first-order chi connectivity index (χ1) is 15.6. The molecular weight excluding hydrogens is 424 g/mol. The number of thioether (sulfide) groups is 1. The molecule has 2 aliphatic rings. The summed E-state index contributed by atoms with van der Waals surface area (Å²) in [5.41, 5.74) is 0.907. The second-order valence-electron chi connectivity index (χ2n) is 8.15. The van der Waals surface area contributed by atoms with E-state index in [1.807, 2.05) is 60.7 Å². The highest BCUT2D eigenvalue weighted by atomic mass is 32.2. The van der Waals surface area contributed by atoms with Crippen LogP contribution in [0.25, 0.3) is 0 Å². The largest absolute Gasteiger partial charge is 0.445 e. The third-order valence-corrected chi connectivity index (χ3v) is 7.04. The minimum Gasteiger partial charge on any atom is -0.445 e. The van der Waals surface area contributed by atoms with E-state index in [1.165, 1.54) is 16.7 Å². The van der Waals surface area contributed by atoms with Crippen molar-refractivity contribution in [2.45, 2.75) is 49.3 Å². The molecule has 2 fully saturated rings. The molecule has 2 saturated heterocycles. The molecule has 4 rings (SSSR count). The van der Waals surface area contributed by atoms with Crippen molar-refractivity contribution in [3.8, 4) is 0 Å². The summed E-state index contributed by atoms with van der Waals surface area (Å²) in [6, 6.07) is 18.3. The summed E-state index contributed by atoms with van der Waals surface area (Å²) in [6.45, 7) is 1.24. The number of nitrogens with zero attached hydrogens (tertiary/aromatic N) is 2. The van der Waals surface area contributed by atoms with E-state index >= 15 is 0 Å². The van der Waals surface area contributed by atoms with Gasteiger partial charge in [-0.05, 0) is 43.4 Å². The molecule has 0 spiro atoms. The van der Waals surface area contributed by atoms with E-state index in [0.717, 1.165) is 23.3 Å². The minimum absolute atomic E-state index is 0.0703. The molecular formula is C25H28N2O4S. The number of amides is 2. The van der Waals surface area contributed by atoms with E-state index in [2.05, 4.69) is 0 Å². The van der Waals surface area contributed by atoms with E-state index in [0.29, 0.717) is 31.7 Å². The first-order valence-electron chi connectivity index (χ1n) is 11.1. The highest BCUT2D eigenvalue weighted by Gasteiger charge is 2.42. The van der Waals surface area contributed by atoms with Crippen molar-refractivity contribution in [3.05, 3.63) is 66.2 Å². The van der Waals surface area contributed by atoms with Crippen LogP contribution in [-0.2, 0) is 20.9 Å². The molecule has 2 heterocycles. The van der Waals surface area contributed by atoms with E-state index in [9.17, 15) is 14.4 Å². The number of benzene rings is 2. The van der Waals surface area contributed by atoms with Crippen LogP contribution in [0.3, 0.4) is 0 Å². The van der Waals surface area contributed by atoms with Crippen molar-refractivity contribution in [1.29, 1.82) is 0 Å². The Labute approximate surface area is 192 Å². The highest BCUT2D eigenvalue weighted by Crippen LogP contribution is 2.27. The summed E-state index contributed by atoms with van der Waals surface area (Å²) in [6.07, 6.45) is 2.39. The molecule has 0 saturated carbocycles. The summed E-state index contributed by atoms with van der Waals surface area (Å²) in [5, 5.41) is 0. The van der Waals surface area contributed by atoms with Crippen LogP contribution in [0.15, 0.2) is 65.6 Å². The average Bonchev–Trinajstić information content (AvgIpc) is 3.52. The van der Waals surface area contributed by atoms with Crippen LogP contribution in [0.4, 0.5) is 4.79 Å². The Morgan fingerprint density at radius 2 is 1.47 bits per heavy atom. The van der Waals surface area contributed by atoms with Crippen molar-refractivity contribution >= 4 is 29.5 Å². The van der Waals surface area contributed by atoms with Crippen LogP contribution < -0.4 is 0 Å². The van der Waals surface area contributed by atoms with Crippen LogP contribution >= 0.6 is 11.8 Å². The number of hydrogen-bond donors (Lipinski definition) is 0. The lowest BCUT2D eigenvalue weighted by Gasteiger charge is -2.30. The lowest BCUT2D eigenvalue weighted by atomic mass is 10.1. The fourth-order valence-corrected chi connectivity index (χ4v) is 5.22. The molecule has 0 bridgehead atoms. The van der Waals surface area contributed by atoms with Gasteiger partial charge in [-0.3, -0.25) is 14.5 Å². The predicted octanol–water partition coefficient (Wildman–Crippen LogP) is 4.14. The van der Waals surface area contributed by atoms with E-state index in [1.54, 1.807) is 4.90 Å². The van der Waals surface area contributed by atoms with Crippen molar-refractivity contribution in [2.24, 2.45) is 0 Å². The molecule has 7 heteroatoms. The van der Waals surface area contributed by atoms with Gasteiger partial charge in [0.2, 0.25) is 5.91 Å². The maximum Gasteiger partial charge on any atom is 0.410 e. The SMILES string of the molecule is O=C(CSc1ccccc1)[C@@H]1CCCN1C(=O)[C@@H]1CCCN1C(=O)OCc1ccccc1. The van der Waals surface area contributed by atoms with Crippen molar-refractivity contribution in [2.75, 3.05) is 18.8 Å². The van der Waals surface area contributed by atoms with Gasteiger partial charge >= 0.3 is 6.09 Å². The van der Waals surface area contributed by atoms with Gasteiger partial charge in [-0.25, -0.2) is 4.79 Å². The average molecular weight is 453 g/mol. The zero-order valence-electron chi connectivity index (χ0n) is 18.0. The molecule has 6 nitrogen and oxygen atoms in total. The Kier molecular flexibility index (Phi) is 7.47. The third kappa shape index (κ3) is 5.33. The molecule has 2 atom stereocenters. The maximum atomic E-state index is 13.3. The molecule has 0 radical (unpaired) electrons.